The number of carbonyl (C=O) groups is 2. The van der Waals surface area contributed by atoms with Crippen LogP contribution in [0.5, 0.6) is 0 Å². The van der Waals surface area contributed by atoms with Crippen LogP contribution in [-0.2, 0) is 20.9 Å². The third kappa shape index (κ3) is 3.29. The van der Waals surface area contributed by atoms with E-state index in [1.165, 1.54) is 5.56 Å². The van der Waals surface area contributed by atoms with E-state index in [-0.39, 0.29) is 29.3 Å². The van der Waals surface area contributed by atoms with Gasteiger partial charge in [-0.05, 0) is 60.4 Å². The number of piperidine rings is 1. The van der Waals surface area contributed by atoms with Gasteiger partial charge in [-0.2, -0.15) is 11.3 Å². The van der Waals surface area contributed by atoms with E-state index in [1.54, 1.807) is 18.3 Å². The maximum absolute atomic E-state index is 12.8. The highest BCUT2D eigenvalue weighted by atomic mass is 32.1. The largest absolute Gasteiger partial charge is 0.378 e. The predicted molar refractivity (Wildman–Crippen MR) is 101 cm³/mol. The lowest BCUT2D eigenvalue weighted by Crippen LogP contribution is -2.45. The topological polar surface area (TPSA) is 49.9 Å². The fraction of sp³-hybridized carbons (Fsp3) is 0.700. The SMILES string of the molecule is CC(=O)N(Cc1ccsc1)[C@@H]1CC12CCN(C(=O)[C@H]1CCO[C@H]1C)CC2. The minimum Gasteiger partial charge on any atom is -0.378 e. The molecule has 2 aliphatic heterocycles. The van der Waals surface area contributed by atoms with Gasteiger partial charge in [-0.15, -0.1) is 0 Å². The highest BCUT2D eigenvalue weighted by Gasteiger charge is 2.58. The van der Waals surface area contributed by atoms with E-state index >= 15 is 0 Å². The average Bonchev–Trinajstić information content (AvgIpc) is 2.98. The first-order valence-electron chi connectivity index (χ1n) is 9.69. The van der Waals surface area contributed by atoms with E-state index in [2.05, 4.69) is 16.8 Å². The van der Waals surface area contributed by atoms with Crippen LogP contribution in [0.2, 0.25) is 0 Å². The third-order valence-corrected chi connectivity index (χ3v) is 7.36. The van der Waals surface area contributed by atoms with Crippen LogP contribution in [0.25, 0.3) is 0 Å². The molecule has 3 aliphatic rings. The molecule has 1 saturated carbocycles. The van der Waals surface area contributed by atoms with Crippen molar-refractivity contribution in [2.24, 2.45) is 11.3 Å². The minimum absolute atomic E-state index is 0.0337. The lowest BCUT2D eigenvalue weighted by atomic mass is 9.90. The summed E-state index contributed by atoms with van der Waals surface area (Å²) in [6.07, 6.45) is 4.01. The Morgan fingerprint density at radius 3 is 2.73 bits per heavy atom. The molecule has 2 amide bonds. The zero-order valence-corrected chi connectivity index (χ0v) is 16.5. The fourth-order valence-electron chi connectivity index (χ4n) is 4.79. The number of nitrogens with zero attached hydrogens (tertiary/aromatic N) is 2. The molecular formula is C20H28N2O3S. The second-order valence-corrected chi connectivity index (χ2v) is 8.94. The minimum atomic E-state index is 0.0337. The first-order chi connectivity index (χ1) is 12.5. The molecule has 0 N–H and O–H groups in total. The summed E-state index contributed by atoms with van der Waals surface area (Å²) >= 11 is 1.68. The van der Waals surface area contributed by atoms with Gasteiger partial charge in [-0.25, -0.2) is 0 Å². The normalized spacial score (nSPS) is 29.8. The summed E-state index contributed by atoms with van der Waals surface area (Å²) in [7, 11) is 0. The number of amides is 2. The van der Waals surface area contributed by atoms with Gasteiger partial charge in [0.25, 0.3) is 0 Å². The standard InChI is InChI=1S/C20H28N2O3S/c1-14-17(3-9-25-14)19(24)21-7-5-20(6-8-21)11-18(20)22(15(2)23)12-16-4-10-26-13-16/h4,10,13-14,17-18H,3,5-9,11-12H2,1-2H3/t14-,17-,18+/m0/s1. The molecule has 0 radical (unpaired) electrons. The number of ether oxygens (including phenoxy) is 1. The molecule has 1 aromatic rings. The number of hydrogen-bond donors (Lipinski definition) is 0. The van der Waals surface area contributed by atoms with E-state index in [0.29, 0.717) is 19.2 Å². The van der Waals surface area contributed by atoms with E-state index in [4.69, 9.17) is 4.74 Å². The van der Waals surface area contributed by atoms with Crippen molar-refractivity contribution in [3.05, 3.63) is 22.4 Å². The van der Waals surface area contributed by atoms with E-state index in [0.717, 1.165) is 38.8 Å². The van der Waals surface area contributed by atoms with Gasteiger partial charge in [0.15, 0.2) is 0 Å². The Morgan fingerprint density at radius 1 is 1.38 bits per heavy atom. The number of rotatable bonds is 4. The van der Waals surface area contributed by atoms with E-state index < -0.39 is 0 Å². The van der Waals surface area contributed by atoms with Crippen molar-refractivity contribution < 1.29 is 14.3 Å². The molecule has 3 atom stereocenters. The van der Waals surface area contributed by atoms with Crippen molar-refractivity contribution in [1.29, 1.82) is 0 Å². The predicted octanol–water partition coefficient (Wildman–Crippen LogP) is 2.90. The van der Waals surface area contributed by atoms with Gasteiger partial charge in [0.05, 0.1) is 12.0 Å². The van der Waals surface area contributed by atoms with Crippen molar-refractivity contribution in [2.75, 3.05) is 19.7 Å². The molecule has 6 heteroatoms. The van der Waals surface area contributed by atoms with E-state index in [9.17, 15) is 9.59 Å². The molecule has 3 heterocycles. The van der Waals surface area contributed by atoms with Crippen LogP contribution in [0.3, 0.4) is 0 Å². The Kier molecular flexibility index (Phi) is 4.82. The quantitative estimate of drug-likeness (QED) is 0.812. The Balaban J connectivity index is 1.35. The Bertz CT molecular complexity index is 667. The molecule has 142 valence electrons. The summed E-state index contributed by atoms with van der Waals surface area (Å²) in [4.78, 5) is 29.1. The summed E-state index contributed by atoms with van der Waals surface area (Å²) < 4.78 is 5.56. The third-order valence-electron chi connectivity index (χ3n) is 6.62. The summed E-state index contributed by atoms with van der Waals surface area (Å²) in [5.41, 5.74) is 1.45. The summed E-state index contributed by atoms with van der Waals surface area (Å²) in [6, 6.07) is 2.44. The molecule has 0 aromatic carbocycles. The molecule has 4 rings (SSSR count). The zero-order chi connectivity index (χ0) is 18.3. The molecule has 0 unspecified atom stereocenters. The van der Waals surface area contributed by atoms with Crippen LogP contribution < -0.4 is 0 Å². The highest BCUT2D eigenvalue weighted by molar-refractivity contribution is 7.07. The molecular weight excluding hydrogens is 348 g/mol. The molecule has 0 bridgehead atoms. The van der Waals surface area contributed by atoms with Gasteiger partial charge in [-0.3, -0.25) is 9.59 Å². The fourth-order valence-corrected chi connectivity index (χ4v) is 5.45. The van der Waals surface area contributed by atoms with Gasteiger partial charge < -0.3 is 14.5 Å². The molecule has 3 fully saturated rings. The summed E-state index contributed by atoms with van der Waals surface area (Å²) in [6.45, 7) is 6.75. The summed E-state index contributed by atoms with van der Waals surface area (Å²) in [5.74, 6) is 0.462. The summed E-state index contributed by atoms with van der Waals surface area (Å²) in [5, 5.41) is 4.19. The first kappa shape index (κ1) is 18.0. The van der Waals surface area contributed by atoms with Gasteiger partial charge in [0, 0.05) is 39.2 Å². The van der Waals surface area contributed by atoms with Crippen molar-refractivity contribution in [3.63, 3.8) is 0 Å². The van der Waals surface area contributed by atoms with Crippen LogP contribution in [0.1, 0.15) is 45.1 Å². The van der Waals surface area contributed by atoms with Crippen LogP contribution >= 0.6 is 11.3 Å². The van der Waals surface area contributed by atoms with Crippen molar-refractivity contribution in [1.82, 2.24) is 9.80 Å². The Labute approximate surface area is 159 Å². The number of hydrogen-bond acceptors (Lipinski definition) is 4. The average molecular weight is 377 g/mol. The Hall–Kier alpha value is -1.40. The maximum Gasteiger partial charge on any atom is 0.228 e. The maximum atomic E-state index is 12.8. The van der Waals surface area contributed by atoms with Crippen LogP contribution in [0, 0.1) is 11.3 Å². The second-order valence-electron chi connectivity index (χ2n) is 8.16. The molecule has 5 nitrogen and oxygen atoms in total. The number of carbonyl (C=O) groups excluding carboxylic acids is 2. The van der Waals surface area contributed by atoms with Crippen LogP contribution in [0.4, 0.5) is 0 Å². The van der Waals surface area contributed by atoms with Crippen molar-refractivity contribution >= 4 is 23.2 Å². The van der Waals surface area contributed by atoms with Gasteiger partial charge in [0.1, 0.15) is 0 Å². The number of thiophene rings is 1. The monoisotopic (exact) mass is 376 g/mol. The lowest BCUT2D eigenvalue weighted by Gasteiger charge is -2.36. The van der Waals surface area contributed by atoms with Crippen molar-refractivity contribution in [3.8, 4) is 0 Å². The van der Waals surface area contributed by atoms with Crippen molar-refractivity contribution in [2.45, 2.75) is 58.2 Å². The highest BCUT2D eigenvalue weighted by Crippen LogP contribution is 2.57. The second kappa shape index (κ2) is 6.97. The van der Waals surface area contributed by atoms with E-state index in [1.807, 2.05) is 16.7 Å². The molecule has 2 saturated heterocycles. The zero-order valence-electron chi connectivity index (χ0n) is 15.6. The van der Waals surface area contributed by atoms with Gasteiger partial charge >= 0.3 is 0 Å². The molecule has 1 aromatic heterocycles. The van der Waals surface area contributed by atoms with Crippen LogP contribution in [0.15, 0.2) is 16.8 Å². The number of likely N-dealkylation sites (tertiary alicyclic amines) is 1. The van der Waals surface area contributed by atoms with Gasteiger partial charge in [0.2, 0.25) is 11.8 Å². The molecule has 1 aliphatic carbocycles. The van der Waals surface area contributed by atoms with Crippen LogP contribution in [-0.4, -0.2) is 53.5 Å². The first-order valence-corrected chi connectivity index (χ1v) is 10.6. The molecule has 1 spiro atoms. The molecule has 26 heavy (non-hydrogen) atoms. The van der Waals surface area contributed by atoms with Gasteiger partial charge in [-0.1, -0.05) is 0 Å². The lowest BCUT2D eigenvalue weighted by molar-refractivity contribution is -0.139. The smallest absolute Gasteiger partial charge is 0.228 e. The Morgan fingerprint density at radius 2 is 2.15 bits per heavy atom.